The van der Waals surface area contributed by atoms with Crippen molar-refractivity contribution in [3.63, 3.8) is 0 Å². The van der Waals surface area contributed by atoms with E-state index in [9.17, 15) is 9.59 Å². The Morgan fingerprint density at radius 1 is 1.39 bits per heavy atom. The van der Waals surface area contributed by atoms with Crippen LogP contribution in [-0.4, -0.2) is 55.5 Å². The van der Waals surface area contributed by atoms with Gasteiger partial charge in [-0.15, -0.1) is 0 Å². The lowest BCUT2D eigenvalue weighted by atomic mass is 9.99. The lowest BCUT2D eigenvalue weighted by molar-refractivity contribution is -0.124. The van der Waals surface area contributed by atoms with Gasteiger partial charge in [-0.05, 0) is 18.8 Å². The topological polar surface area (TPSA) is 52.7 Å². The van der Waals surface area contributed by atoms with Crippen LogP contribution in [0.2, 0.25) is 0 Å². The molecule has 5 nitrogen and oxygen atoms in total. The van der Waals surface area contributed by atoms with E-state index < -0.39 is 0 Å². The van der Waals surface area contributed by atoms with Crippen LogP contribution in [0, 0.1) is 11.8 Å². The monoisotopic (exact) mass is 255 g/mol. The number of hydrogen-bond acceptors (Lipinski definition) is 2. The van der Waals surface area contributed by atoms with Crippen LogP contribution in [0.3, 0.4) is 0 Å². The maximum absolute atomic E-state index is 12.2. The number of carbonyl (C=O) groups is 2. The first-order valence-corrected chi connectivity index (χ1v) is 6.67. The van der Waals surface area contributed by atoms with E-state index in [-0.39, 0.29) is 17.9 Å². The van der Waals surface area contributed by atoms with Gasteiger partial charge in [-0.25, -0.2) is 4.79 Å². The second-order valence-corrected chi connectivity index (χ2v) is 5.35. The smallest absolute Gasteiger partial charge is 0.319 e. The van der Waals surface area contributed by atoms with Crippen LogP contribution in [0.25, 0.3) is 0 Å². The van der Waals surface area contributed by atoms with Crippen LogP contribution in [0.4, 0.5) is 4.79 Å². The van der Waals surface area contributed by atoms with Gasteiger partial charge < -0.3 is 15.1 Å². The normalized spacial score (nSPS) is 18.3. The summed E-state index contributed by atoms with van der Waals surface area (Å²) in [5, 5.41) is 2.60. The number of carbonyl (C=O) groups excluding carboxylic acids is 2. The highest BCUT2D eigenvalue weighted by Crippen LogP contribution is 2.17. The molecule has 0 spiro atoms. The van der Waals surface area contributed by atoms with Gasteiger partial charge in [-0.3, -0.25) is 4.79 Å². The molecule has 1 aliphatic heterocycles. The zero-order valence-corrected chi connectivity index (χ0v) is 11.9. The van der Waals surface area contributed by atoms with Gasteiger partial charge in [0.15, 0.2) is 0 Å². The van der Waals surface area contributed by atoms with Crippen LogP contribution >= 0.6 is 0 Å². The molecule has 18 heavy (non-hydrogen) atoms. The standard InChI is InChI=1S/C13H25N3O2/c1-10-5-7-16(8-6-10)13(18)15(4)9-11(2)12(17)14-3/h10-11H,5-9H2,1-4H3,(H,14,17). The molecule has 3 amide bonds. The third-order valence-corrected chi connectivity index (χ3v) is 3.62. The van der Waals surface area contributed by atoms with E-state index >= 15 is 0 Å². The Morgan fingerprint density at radius 2 is 1.94 bits per heavy atom. The van der Waals surface area contributed by atoms with Gasteiger partial charge in [0.1, 0.15) is 0 Å². The molecule has 0 saturated carbocycles. The quantitative estimate of drug-likeness (QED) is 0.822. The molecule has 0 aromatic carbocycles. The minimum Gasteiger partial charge on any atom is -0.359 e. The van der Waals surface area contributed by atoms with Crippen molar-refractivity contribution in [3.05, 3.63) is 0 Å². The largest absolute Gasteiger partial charge is 0.359 e. The average Bonchev–Trinajstić information content (AvgIpc) is 2.37. The van der Waals surface area contributed by atoms with Crippen LogP contribution < -0.4 is 5.32 Å². The first-order chi connectivity index (χ1) is 8.45. The lowest BCUT2D eigenvalue weighted by Crippen LogP contribution is -2.47. The number of hydrogen-bond donors (Lipinski definition) is 1. The van der Waals surface area contributed by atoms with E-state index in [0.29, 0.717) is 12.5 Å². The Hall–Kier alpha value is -1.26. The van der Waals surface area contributed by atoms with Crippen molar-refractivity contribution in [2.45, 2.75) is 26.7 Å². The first-order valence-electron chi connectivity index (χ1n) is 6.67. The Balaban J connectivity index is 2.43. The molecule has 1 heterocycles. The number of amides is 3. The van der Waals surface area contributed by atoms with Crippen molar-refractivity contribution >= 4 is 11.9 Å². The van der Waals surface area contributed by atoms with Crippen molar-refractivity contribution in [1.29, 1.82) is 0 Å². The molecule has 0 radical (unpaired) electrons. The van der Waals surface area contributed by atoms with Gasteiger partial charge in [0.25, 0.3) is 0 Å². The summed E-state index contributed by atoms with van der Waals surface area (Å²) in [7, 11) is 3.38. The van der Waals surface area contributed by atoms with Crippen LogP contribution in [0.5, 0.6) is 0 Å². The van der Waals surface area contributed by atoms with Gasteiger partial charge in [0.2, 0.25) is 5.91 Å². The summed E-state index contributed by atoms with van der Waals surface area (Å²) in [5.41, 5.74) is 0. The summed E-state index contributed by atoms with van der Waals surface area (Å²) < 4.78 is 0. The predicted octanol–water partition coefficient (Wildman–Crippen LogP) is 1.15. The van der Waals surface area contributed by atoms with Crippen LogP contribution in [-0.2, 0) is 4.79 Å². The first kappa shape index (κ1) is 14.8. The Morgan fingerprint density at radius 3 is 2.44 bits per heavy atom. The molecule has 1 N–H and O–H groups in total. The second kappa shape index (κ2) is 6.61. The van der Waals surface area contributed by atoms with Crippen LogP contribution in [0.1, 0.15) is 26.7 Å². The third-order valence-electron chi connectivity index (χ3n) is 3.62. The summed E-state index contributed by atoms with van der Waals surface area (Å²) >= 11 is 0. The Labute approximate surface area is 110 Å². The van der Waals surface area contributed by atoms with Crippen molar-refractivity contribution in [2.24, 2.45) is 11.8 Å². The molecule has 1 unspecified atom stereocenters. The fourth-order valence-corrected chi connectivity index (χ4v) is 2.26. The second-order valence-electron chi connectivity index (χ2n) is 5.35. The number of piperidine rings is 1. The molecular weight excluding hydrogens is 230 g/mol. The predicted molar refractivity (Wildman–Crippen MR) is 71.2 cm³/mol. The van der Waals surface area contributed by atoms with E-state index in [4.69, 9.17) is 0 Å². The minimum absolute atomic E-state index is 0.0260. The molecule has 5 heteroatoms. The molecule has 1 rings (SSSR count). The molecule has 1 aliphatic rings. The Kier molecular flexibility index (Phi) is 5.44. The lowest BCUT2D eigenvalue weighted by Gasteiger charge is -2.34. The molecule has 0 aromatic rings. The summed E-state index contributed by atoms with van der Waals surface area (Å²) in [6, 6.07) is 0.0395. The maximum atomic E-state index is 12.2. The van der Waals surface area contributed by atoms with E-state index in [1.165, 1.54) is 0 Å². The van der Waals surface area contributed by atoms with E-state index in [1.807, 2.05) is 11.8 Å². The number of nitrogens with one attached hydrogen (secondary N) is 1. The van der Waals surface area contributed by atoms with Crippen LogP contribution in [0.15, 0.2) is 0 Å². The van der Waals surface area contributed by atoms with Gasteiger partial charge in [-0.2, -0.15) is 0 Å². The number of likely N-dealkylation sites (tertiary alicyclic amines) is 1. The maximum Gasteiger partial charge on any atom is 0.319 e. The van der Waals surface area contributed by atoms with Crippen molar-refractivity contribution < 1.29 is 9.59 Å². The molecule has 1 atom stereocenters. The summed E-state index contributed by atoms with van der Waals surface area (Å²) in [4.78, 5) is 27.1. The van der Waals surface area contributed by atoms with Crippen molar-refractivity contribution in [3.8, 4) is 0 Å². The summed E-state index contributed by atoms with van der Waals surface area (Å²) in [6.45, 7) is 6.18. The molecule has 104 valence electrons. The number of rotatable bonds is 3. The van der Waals surface area contributed by atoms with Gasteiger partial charge in [-0.1, -0.05) is 13.8 Å². The van der Waals surface area contributed by atoms with Crippen molar-refractivity contribution in [2.75, 3.05) is 33.7 Å². The minimum atomic E-state index is -0.173. The third kappa shape index (κ3) is 3.89. The fourth-order valence-electron chi connectivity index (χ4n) is 2.26. The molecule has 0 aliphatic carbocycles. The van der Waals surface area contributed by atoms with E-state index in [1.54, 1.807) is 19.0 Å². The molecule has 0 bridgehead atoms. The molecular formula is C13H25N3O2. The van der Waals surface area contributed by atoms with E-state index in [0.717, 1.165) is 25.9 Å². The molecule has 1 saturated heterocycles. The summed E-state index contributed by atoms with van der Waals surface area (Å²) in [5.74, 6) is 0.513. The fraction of sp³-hybridized carbons (Fsp3) is 0.846. The highest BCUT2D eigenvalue weighted by molar-refractivity contribution is 5.79. The van der Waals surface area contributed by atoms with Crippen molar-refractivity contribution in [1.82, 2.24) is 15.1 Å². The molecule has 1 fully saturated rings. The highest BCUT2D eigenvalue weighted by Gasteiger charge is 2.24. The SMILES string of the molecule is CNC(=O)C(C)CN(C)C(=O)N1CCC(C)CC1. The molecule has 0 aromatic heterocycles. The summed E-state index contributed by atoms with van der Waals surface area (Å²) in [6.07, 6.45) is 2.15. The van der Waals surface area contributed by atoms with Gasteiger partial charge in [0.05, 0.1) is 5.92 Å². The highest BCUT2D eigenvalue weighted by atomic mass is 16.2. The van der Waals surface area contributed by atoms with Gasteiger partial charge >= 0.3 is 6.03 Å². The number of nitrogens with zero attached hydrogens (tertiary/aromatic N) is 2. The van der Waals surface area contributed by atoms with Gasteiger partial charge in [0, 0.05) is 33.7 Å². The number of urea groups is 1. The zero-order valence-electron chi connectivity index (χ0n) is 11.9. The Bertz CT molecular complexity index is 299. The zero-order chi connectivity index (χ0) is 13.7. The average molecular weight is 255 g/mol. The van der Waals surface area contributed by atoms with E-state index in [2.05, 4.69) is 12.2 Å².